The van der Waals surface area contributed by atoms with Crippen LogP contribution >= 0.6 is 0 Å². The first-order valence-electron chi connectivity index (χ1n) is 8.21. The molecule has 1 nitrogen and oxygen atoms in total. The Kier molecular flexibility index (Phi) is 11.1. The topological polar surface area (TPSA) is 26.0 Å². The fourth-order valence-electron chi connectivity index (χ4n) is 2.39. The van der Waals surface area contributed by atoms with Gasteiger partial charge in [0.25, 0.3) is 0 Å². The second-order valence-electron chi connectivity index (χ2n) is 7.12. The summed E-state index contributed by atoms with van der Waals surface area (Å²) in [7, 11) is -0.814. The monoisotopic (exact) mass is 271 g/mol. The summed E-state index contributed by atoms with van der Waals surface area (Å²) in [5.41, 5.74) is 6.18. The van der Waals surface area contributed by atoms with Crippen molar-refractivity contribution in [3.8, 4) is 0 Å². The van der Waals surface area contributed by atoms with E-state index in [4.69, 9.17) is 5.73 Å². The zero-order chi connectivity index (χ0) is 13.9. The molecule has 1 atom stereocenters. The van der Waals surface area contributed by atoms with Crippen LogP contribution in [0, 0.1) is 0 Å². The molecule has 0 amide bonds. The van der Waals surface area contributed by atoms with Crippen molar-refractivity contribution >= 4 is 8.07 Å². The fourth-order valence-corrected chi connectivity index (χ4v) is 3.70. The van der Waals surface area contributed by atoms with Gasteiger partial charge in [0.15, 0.2) is 0 Å². The highest BCUT2D eigenvalue weighted by Crippen LogP contribution is 2.16. The molecule has 2 N–H and O–H groups in total. The zero-order valence-electron chi connectivity index (χ0n) is 13.4. The number of nitrogens with two attached hydrogens (primary N) is 1. The van der Waals surface area contributed by atoms with E-state index in [1.54, 1.807) is 0 Å². The van der Waals surface area contributed by atoms with Crippen molar-refractivity contribution in [2.75, 3.05) is 0 Å². The Balaban J connectivity index is 3.25. The predicted octanol–water partition coefficient (Wildman–Crippen LogP) is 5.57. The van der Waals surface area contributed by atoms with Crippen LogP contribution in [0.4, 0.5) is 0 Å². The van der Waals surface area contributed by atoms with Gasteiger partial charge < -0.3 is 5.73 Å². The Morgan fingerprint density at radius 1 is 0.778 bits per heavy atom. The number of hydrogen-bond donors (Lipinski definition) is 1. The van der Waals surface area contributed by atoms with E-state index >= 15 is 0 Å². The summed E-state index contributed by atoms with van der Waals surface area (Å²) in [6.45, 7) is 9.66. The van der Waals surface area contributed by atoms with Gasteiger partial charge in [0.1, 0.15) is 0 Å². The van der Waals surface area contributed by atoms with Gasteiger partial charge in [-0.2, -0.15) is 0 Å². The minimum absolute atomic E-state index is 0.470. The maximum absolute atomic E-state index is 6.18. The first kappa shape index (κ1) is 18.2. The molecule has 18 heavy (non-hydrogen) atoms. The van der Waals surface area contributed by atoms with Crippen LogP contribution in [0.25, 0.3) is 0 Å². The average Bonchev–Trinajstić information content (AvgIpc) is 2.28. The molecule has 2 heteroatoms. The standard InChI is InChI=1S/C16H37NSi/c1-5-6-7-8-9-10-13-16(17)14-11-12-15-18(2,3)4/h16H,5-15,17H2,1-4H3. The first-order valence-corrected chi connectivity index (χ1v) is 11.9. The van der Waals surface area contributed by atoms with Crippen molar-refractivity contribution in [3.05, 3.63) is 0 Å². The van der Waals surface area contributed by atoms with Gasteiger partial charge in [0.05, 0.1) is 0 Å². The molecule has 0 rings (SSSR count). The molecule has 0 spiro atoms. The van der Waals surface area contributed by atoms with Crippen molar-refractivity contribution in [1.82, 2.24) is 0 Å². The van der Waals surface area contributed by atoms with Crippen LogP contribution in [0.5, 0.6) is 0 Å². The van der Waals surface area contributed by atoms with Crippen molar-refractivity contribution < 1.29 is 0 Å². The number of hydrogen-bond acceptors (Lipinski definition) is 1. The summed E-state index contributed by atoms with van der Waals surface area (Å²) in [6.07, 6.45) is 13.6. The highest BCUT2D eigenvalue weighted by molar-refractivity contribution is 6.76. The Labute approximate surface area is 117 Å². The van der Waals surface area contributed by atoms with Gasteiger partial charge in [-0.1, -0.05) is 84.0 Å². The molecule has 0 aliphatic carbocycles. The third kappa shape index (κ3) is 14.2. The molecule has 0 aromatic heterocycles. The van der Waals surface area contributed by atoms with E-state index in [2.05, 4.69) is 26.6 Å². The highest BCUT2D eigenvalue weighted by Gasteiger charge is 2.12. The van der Waals surface area contributed by atoms with Crippen molar-refractivity contribution in [2.24, 2.45) is 5.73 Å². The summed E-state index contributed by atoms with van der Waals surface area (Å²) in [6, 6.07) is 1.94. The minimum atomic E-state index is -0.814. The molecular formula is C16H37NSi. The molecule has 0 radical (unpaired) electrons. The molecule has 0 saturated carbocycles. The van der Waals surface area contributed by atoms with E-state index in [-0.39, 0.29) is 0 Å². The molecule has 0 aromatic rings. The van der Waals surface area contributed by atoms with E-state index in [0.29, 0.717) is 6.04 Å². The molecule has 0 saturated heterocycles. The van der Waals surface area contributed by atoms with E-state index in [1.165, 1.54) is 70.3 Å². The Morgan fingerprint density at radius 3 is 1.83 bits per heavy atom. The lowest BCUT2D eigenvalue weighted by atomic mass is 10.0. The third-order valence-corrected chi connectivity index (χ3v) is 5.53. The van der Waals surface area contributed by atoms with Crippen LogP contribution in [-0.2, 0) is 0 Å². The van der Waals surface area contributed by atoms with Gasteiger partial charge >= 0.3 is 0 Å². The molecule has 0 aromatic carbocycles. The van der Waals surface area contributed by atoms with Gasteiger partial charge in [-0.3, -0.25) is 0 Å². The number of unbranched alkanes of at least 4 members (excludes halogenated alkanes) is 6. The first-order chi connectivity index (χ1) is 8.45. The van der Waals surface area contributed by atoms with Crippen LogP contribution in [-0.4, -0.2) is 14.1 Å². The Bertz CT molecular complexity index is 174. The summed E-state index contributed by atoms with van der Waals surface area (Å²) < 4.78 is 0. The van der Waals surface area contributed by atoms with E-state index in [9.17, 15) is 0 Å². The van der Waals surface area contributed by atoms with Gasteiger partial charge in [-0.05, 0) is 12.8 Å². The maximum Gasteiger partial charge on any atom is 0.0442 e. The fraction of sp³-hybridized carbons (Fsp3) is 1.00. The van der Waals surface area contributed by atoms with Crippen molar-refractivity contribution in [2.45, 2.75) is 103 Å². The van der Waals surface area contributed by atoms with E-state index < -0.39 is 8.07 Å². The van der Waals surface area contributed by atoms with Crippen LogP contribution in [0.1, 0.15) is 71.1 Å². The molecule has 0 aliphatic rings. The third-order valence-electron chi connectivity index (χ3n) is 3.68. The lowest BCUT2D eigenvalue weighted by Crippen LogP contribution is -2.21. The largest absolute Gasteiger partial charge is 0.328 e. The normalized spacial score (nSPS) is 13.8. The average molecular weight is 272 g/mol. The van der Waals surface area contributed by atoms with Crippen LogP contribution < -0.4 is 5.73 Å². The zero-order valence-corrected chi connectivity index (χ0v) is 14.4. The lowest BCUT2D eigenvalue weighted by Gasteiger charge is -2.16. The smallest absolute Gasteiger partial charge is 0.0442 e. The van der Waals surface area contributed by atoms with E-state index in [1.807, 2.05) is 0 Å². The molecule has 0 fully saturated rings. The second kappa shape index (κ2) is 11.0. The lowest BCUT2D eigenvalue weighted by molar-refractivity contribution is 0.498. The summed E-state index contributed by atoms with van der Waals surface area (Å²) in [5.74, 6) is 0. The van der Waals surface area contributed by atoms with Gasteiger partial charge in [0.2, 0.25) is 0 Å². The summed E-state index contributed by atoms with van der Waals surface area (Å²) in [5, 5.41) is 0. The van der Waals surface area contributed by atoms with Crippen molar-refractivity contribution in [3.63, 3.8) is 0 Å². The highest BCUT2D eigenvalue weighted by atomic mass is 28.3. The van der Waals surface area contributed by atoms with E-state index in [0.717, 1.165) is 0 Å². The maximum atomic E-state index is 6.18. The molecule has 0 aliphatic heterocycles. The Morgan fingerprint density at radius 2 is 1.28 bits per heavy atom. The van der Waals surface area contributed by atoms with Crippen LogP contribution in [0.2, 0.25) is 25.7 Å². The number of rotatable bonds is 12. The SMILES string of the molecule is CCCCCCCCC(N)CCCC[Si](C)(C)C. The molecule has 110 valence electrons. The molecule has 0 heterocycles. The van der Waals surface area contributed by atoms with Gasteiger partial charge in [0, 0.05) is 14.1 Å². The predicted molar refractivity (Wildman–Crippen MR) is 88.0 cm³/mol. The molecule has 0 bridgehead atoms. The van der Waals surface area contributed by atoms with Crippen LogP contribution in [0.15, 0.2) is 0 Å². The quantitative estimate of drug-likeness (QED) is 0.364. The summed E-state index contributed by atoms with van der Waals surface area (Å²) >= 11 is 0. The second-order valence-corrected chi connectivity index (χ2v) is 12.7. The van der Waals surface area contributed by atoms with Crippen molar-refractivity contribution in [1.29, 1.82) is 0 Å². The molecule has 1 unspecified atom stereocenters. The van der Waals surface area contributed by atoms with Gasteiger partial charge in [-0.15, -0.1) is 0 Å². The minimum Gasteiger partial charge on any atom is -0.328 e. The van der Waals surface area contributed by atoms with Gasteiger partial charge in [-0.25, -0.2) is 0 Å². The van der Waals surface area contributed by atoms with Crippen LogP contribution in [0.3, 0.4) is 0 Å². The molecular weight excluding hydrogens is 234 g/mol. The Hall–Kier alpha value is 0.177. The summed E-state index contributed by atoms with van der Waals surface area (Å²) in [4.78, 5) is 0.